The number of halogens is 1. The Morgan fingerprint density at radius 2 is 2.32 bits per heavy atom. The third-order valence-electron chi connectivity index (χ3n) is 3.89. The Balaban J connectivity index is 2.02. The Kier molecular flexibility index (Phi) is 5.19. The lowest BCUT2D eigenvalue weighted by molar-refractivity contribution is 0.0593. The van der Waals surface area contributed by atoms with Crippen LogP contribution in [0.2, 0.25) is 5.02 Å². The average Bonchev–Trinajstić information content (AvgIpc) is 3.35. The van der Waals surface area contributed by atoms with E-state index < -0.39 is 5.97 Å². The van der Waals surface area contributed by atoms with E-state index in [0.29, 0.717) is 30.5 Å². The second kappa shape index (κ2) is 7.53. The number of rotatable bonds is 7. The van der Waals surface area contributed by atoms with Crippen LogP contribution in [0.1, 0.15) is 47.3 Å². The lowest BCUT2D eigenvalue weighted by Gasteiger charge is -2.23. The van der Waals surface area contributed by atoms with Crippen molar-refractivity contribution in [1.29, 1.82) is 5.26 Å². The van der Waals surface area contributed by atoms with Crippen molar-refractivity contribution >= 4 is 23.4 Å². The Bertz CT molecular complexity index is 797. The molecule has 0 aliphatic heterocycles. The van der Waals surface area contributed by atoms with Gasteiger partial charge < -0.3 is 14.1 Å². The quantitative estimate of drug-likeness (QED) is 0.699. The zero-order valence-corrected chi connectivity index (χ0v) is 14.5. The highest BCUT2D eigenvalue weighted by Gasteiger charge is 2.31. The van der Waals surface area contributed by atoms with E-state index >= 15 is 0 Å². The van der Waals surface area contributed by atoms with Crippen molar-refractivity contribution in [3.63, 3.8) is 0 Å². The number of carbonyl (C=O) groups excluding carboxylic acids is 1. The van der Waals surface area contributed by atoms with Crippen LogP contribution >= 0.6 is 11.6 Å². The summed E-state index contributed by atoms with van der Waals surface area (Å²) in [5.74, 6) is 1.35. The molecule has 8 heteroatoms. The molecule has 0 N–H and O–H groups in total. The van der Waals surface area contributed by atoms with E-state index in [9.17, 15) is 4.79 Å². The number of anilines is 1. The average molecular weight is 361 g/mol. The van der Waals surface area contributed by atoms with Gasteiger partial charge in [0.05, 0.1) is 32.4 Å². The molecule has 0 spiro atoms. The van der Waals surface area contributed by atoms with Gasteiger partial charge in [0.25, 0.3) is 0 Å². The summed E-state index contributed by atoms with van der Waals surface area (Å²) in [4.78, 5) is 22.7. The fraction of sp³-hybridized carbons (Fsp3) is 0.412. The number of furan rings is 1. The molecule has 0 atom stereocenters. The molecular weight excluding hydrogens is 344 g/mol. The summed E-state index contributed by atoms with van der Waals surface area (Å²) in [6, 6.07) is 5.73. The van der Waals surface area contributed by atoms with E-state index in [1.807, 2.05) is 11.0 Å². The first-order valence-corrected chi connectivity index (χ1v) is 8.31. The van der Waals surface area contributed by atoms with Crippen LogP contribution in [0.5, 0.6) is 0 Å². The van der Waals surface area contributed by atoms with Crippen LogP contribution in [0.4, 0.5) is 5.82 Å². The van der Waals surface area contributed by atoms with Gasteiger partial charge in [-0.1, -0.05) is 11.6 Å². The first-order chi connectivity index (χ1) is 12.1. The maximum Gasteiger partial charge on any atom is 0.358 e. The minimum atomic E-state index is -0.603. The number of methoxy groups -OCH3 is 1. The monoisotopic (exact) mass is 360 g/mol. The number of aromatic nitrogens is 2. The third kappa shape index (κ3) is 3.91. The van der Waals surface area contributed by atoms with Gasteiger partial charge in [0.15, 0.2) is 11.5 Å². The highest BCUT2D eigenvalue weighted by atomic mass is 35.5. The van der Waals surface area contributed by atoms with Crippen LogP contribution in [0.15, 0.2) is 22.8 Å². The van der Waals surface area contributed by atoms with Crippen molar-refractivity contribution in [2.75, 3.05) is 18.6 Å². The van der Waals surface area contributed by atoms with Crippen LogP contribution in [0.25, 0.3) is 0 Å². The highest BCUT2D eigenvalue weighted by molar-refractivity contribution is 6.35. The molecule has 2 aromatic rings. The summed E-state index contributed by atoms with van der Waals surface area (Å²) < 4.78 is 10.2. The Hall–Kier alpha value is -2.59. The van der Waals surface area contributed by atoms with Crippen molar-refractivity contribution < 1.29 is 13.9 Å². The summed E-state index contributed by atoms with van der Waals surface area (Å²) >= 11 is 6.41. The van der Waals surface area contributed by atoms with E-state index in [4.69, 9.17) is 26.0 Å². The fourth-order valence-corrected chi connectivity index (χ4v) is 2.73. The van der Waals surface area contributed by atoms with Crippen molar-refractivity contribution in [1.82, 2.24) is 9.97 Å². The van der Waals surface area contributed by atoms with Crippen molar-refractivity contribution in [3.05, 3.63) is 40.7 Å². The normalized spacial score (nSPS) is 13.3. The Labute approximate surface area is 150 Å². The molecule has 3 rings (SSSR count). The molecule has 1 saturated carbocycles. The van der Waals surface area contributed by atoms with E-state index in [2.05, 4.69) is 16.0 Å². The predicted molar refractivity (Wildman–Crippen MR) is 90.3 cm³/mol. The number of nitrogens with zero attached hydrogens (tertiary/aromatic N) is 4. The molecule has 7 nitrogen and oxygen atoms in total. The fourth-order valence-electron chi connectivity index (χ4n) is 2.45. The molecular formula is C17H17ClN4O3. The van der Waals surface area contributed by atoms with E-state index in [1.54, 1.807) is 12.3 Å². The van der Waals surface area contributed by atoms with Gasteiger partial charge in [0, 0.05) is 12.5 Å². The molecule has 1 aliphatic rings. The molecule has 0 amide bonds. The maximum absolute atomic E-state index is 12.0. The van der Waals surface area contributed by atoms with Crippen molar-refractivity contribution in [2.24, 2.45) is 0 Å². The molecule has 0 bridgehead atoms. The molecule has 25 heavy (non-hydrogen) atoms. The van der Waals surface area contributed by atoms with Gasteiger partial charge in [0.1, 0.15) is 16.6 Å². The summed E-state index contributed by atoms with van der Waals surface area (Å²) in [7, 11) is 1.29. The van der Waals surface area contributed by atoms with Crippen molar-refractivity contribution in [2.45, 2.75) is 31.7 Å². The van der Waals surface area contributed by atoms with Gasteiger partial charge in [-0.15, -0.1) is 0 Å². The molecule has 0 radical (unpaired) electrons. The number of nitriles is 1. The van der Waals surface area contributed by atoms with Crippen molar-refractivity contribution in [3.8, 4) is 6.07 Å². The second-order valence-electron chi connectivity index (χ2n) is 5.74. The molecule has 0 aromatic carbocycles. The highest BCUT2D eigenvalue weighted by Crippen LogP contribution is 2.40. The summed E-state index contributed by atoms with van der Waals surface area (Å²) in [6.07, 6.45) is 3.83. The van der Waals surface area contributed by atoms with E-state index in [1.165, 1.54) is 7.11 Å². The molecule has 130 valence electrons. The van der Waals surface area contributed by atoms with Gasteiger partial charge >= 0.3 is 5.97 Å². The minimum Gasteiger partial charge on any atom is -0.467 e. The Morgan fingerprint density at radius 3 is 2.92 bits per heavy atom. The van der Waals surface area contributed by atoms with Gasteiger partial charge in [0.2, 0.25) is 0 Å². The SMILES string of the molecule is COC(=O)c1nc(C2CC2)nc(N(CCC#N)Cc2ccco2)c1Cl. The molecule has 0 unspecified atom stereocenters. The number of hydrogen-bond acceptors (Lipinski definition) is 7. The van der Waals surface area contributed by atoms with Crippen LogP contribution in [0.3, 0.4) is 0 Å². The number of carbonyl (C=O) groups is 1. The number of ether oxygens (including phenoxy) is 1. The maximum atomic E-state index is 12.0. The van der Waals surface area contributed by atoms with Gasteiger partial charge in [-0.25, -0.2) is 14.8 Å². The van der Waals surface area contributed by atoms with E-state index in [-0.39, 0.29) is 23.1 Å². The first kappa shape index (κ1) is 17.2. The molecule has 1 fully saturated rings. The second-order valence-corrected chi connectivity index (χ2v) is 6.12. The zero-order valence-electron chi connectivity index (χ0n) is 13.7. The van der Waals surface area contributed by atoms with Crippen LogP contribution in [-0.4, -0.2) is 29.6 Å². The smallest absolute Gasteiger partial charge is 0.358 e. The predicted octanol–water partition coefficient (Wildman–Crippen LogP) is 3.31. The lowest BCUT2D eigenvalue weighted by Crippen LogP contribution is -2.26. The third-order valence-corrected chi connectivity index (χ3v) is 4.24. The largest absolute Gasteiger partial charge is 0.467 e. The molecule has 2 heterocycles. The van der Waals surface area contributed by atoms with Crippen LogP contribution in [0, 0.1) is 11.3 Å². The van der Waals surface area contributed by atoms with Crippen LogP contribution < -0.4 is 4.90 Å². The first-order valence-electron chi connectivity index (χ1n) is 7.94. The standard InChI is InChI=1S/C17H17ClN4O3/c1-24-17(23)14-13(18)16(21-15(20-14)11-5-6-11)22(8-3-7-19)10-12-4-2-9-25-12/h2,4,9,11H,3,5-6,8,10H2,1H3. The van der Waals surface area contributed by atoms with Gasteiger partial charge in [-0.2, -0.15) is 5.26 Å². The summed E-state index contributed by atoms with van der Waals surface area (Å²) in [6.45, 7) is 0.786. The Morgan fingerprint density at radius 1 is 1.52 bits per heavy atom. The van der Waals surface area contributed by atoms with Gasteiger partial charge in [-0.3, -0.25) is 0 Å². The number of esters is 1. The molecule has 2 aromatic heterocycles. The molecule has 1 aliphatic carbocycles. The topological polar surface area (TPSA) is 92.2 Å². The van der Waals surface area contributed by atoms with Gasteiger partial charge in [-0.05, 0) is 25.0 Å². The number of hydrogen-bond donors (Lipinski definition) is 0. The zero-order chi connectivity index (χ0) is 17.8. The summed E-state index contributed by atoms with van der Waals surface area (Å²) in [5, 5.41) is 9.08. The lowest BCUT2D eigenvalue weighted by atomic mass is 10.3. The molecule has 0 saturated heterocycles. The summed E-state index contributed by atoms with van der Waals surface area (Å²) in [5.41, 5.74) is 0.0532. The van der Waals surface area contributed by atoms with Crippen LogP contribution in [-0.2, 0) is 11.3 Å². The minimum absolute atomic E-state index is 0.0532. The van der Waals surface area contributed by atoms with E-state index in [0.717, 1.165) is 12.8 Å².